The van der Waals surface area contributed by atoms with Gasteiger partial charge < -0.3 is 35.8 Å². The molecule has 0 bridgehead atoms. The first kappa shape index (κ1) is 33.4. The number of rotatable bonds is 18. The molecule has 0 aromatic carbocycles. The first-order valence-corrected chi connectivity index (χ1v) is 12.3. The Morgan fingerprint density at radius 3 is 1.89 bits per heavy atom. The first-order valence-electron chi connectivity index (χ1n) is 12.3. The molecule has 0 aromatic rings. The van der Waals surface area contributed by atoms with E-state index in [1.165, 1.54) is 12.2 Å². The molecule has 3 atom stereocenters. The molecule has 37 heavy (non-hydrogen) atoms. The van der Waals surface area contributed by atoms with Crippen molar-refractivity contribution >= 4 is 30.0 Å². The Bertz CT molecular complexity index is 785. The zero-order valence-electron chi connectivity index (χ0n) is 22.2. The van der Waals surface area contributed by atoms with Gasteiger partial charge >= 0.3 is 18.2 Å². The van der Waals surface area contributed by atoms with E-state index in [0.29, 0.717) is 12.8 Å². The number of carboxylic acid groups (broad SMARTS) is 1. The van der Waals surface area contributed by atoms with Gasteiger partial charge in [0, 0.05) is 6.54 Å². The van der Waals surface area contributed by atoms with Crippen LogP contribution in [0.4, 0.5) is 9.59 Å². The predicted octanol–water partition coefficient (Wildman–Crippen LogP) is 2.11. The van der Waals surface area contributed by atoms with E-state index < -0.39 is 48.1 Å². The van der Waals surface area contributed by atoms with E-state index in [1.807, 2.05) is 13.8 Å². The van der Waals surface area contributed by atoms with E-state index in [2.05, 4.69) is 34.4 Å². The molecule has 0 spiro atoms. The molecule has 0 aromatic heterocycles. The van der Waals surface area contributed by atoms with Crippen molar-refractivity contribution in [3.63, 3.8) is 0 Å². The molecule has 5 N–H and O–H groups in total. The highest BCUT2D eigenvalue weighted by Crippen LogP contribution is 2.10. The average molecular weight is 527 g/mol. The van der Waals surface area contributed by atoms with Gasteiger partial charge in [0.2, 0.25) is 11.8 Å². The minimum absolute atomic E-state index is 0.00858. The van der Waals surface area contributed by atoms with Gasteiger partial charge in [-0.1, -0.05) is 53.0 Å². The summed E-state index contributed by atoms with van der Waals surface area (Å²) in [5.41, 5.74) is 0. The Kier molecular flexibility index (Phi) is 16.9. The number of nitrogens with one attached hydrogen (secondary N) is 4. The number of carbonyl (C=O) groups is 5. The molecule has 0 aliphatic carbocycles. The van der Waals surface area contributed by atoms with Crippen molar-refractivity contribution < 1.29 is 38.6 Å². The second-order valence-corrected chi connectivity index (χ2v) is 9.15. The van der Waals surface area contributed by atoms with Crippen molar-refractivity contribution in [3.05, 3.63) is 25.3 Å². The van der Waals surface area contributed by atoms with Crippen LogP contribution in [0.5, 0.6) is 0 Å². The summed E-state index contributed by atoms with van der Waals surface area (Å²) in [7, 11) is 0. The van der Waals surface area contributed by atoms with Crippen LogP contribution < -0.4 is 21.3 Å². The largest absolute Gasteiger partial charge is 0.480 e. The highest BCUT2D eigenvalue weighted by molar-refractivity contribution is 5.93. The van der Waals surface area contributed by atoms with Crippen molar-refractivity contribution in [2.24, 2.45) is 11.8 Å². The lowest BCUT2D eigenvalue weighted by atomic mass is 9.99. The lowest BCUT2D eigenvalue weighted by Gasteiger charge is -2.26. The van der Waals surface area contributed by atoms with Crippen LogP contribution in [0.15, 0.2) is 25.3 Å². The summed E-state index contributed by atoms with van der Waals surface area (Å²) in [6.07, 6.45) is 2.69. The lowest BCUT2D eigenvalue weighted by Crippen LogP contribution is -2.57. The molecular formula is C25H42N4O8. The summed E-state index contributed by atoms with van der Waals surface area (Å²) in [6.45, 7) is 14.4. The minimum Gasteiger partial charge on any atom is -0.480 e. The molecule has 0 radical (unpaired) electrons. The summed E-state index contributed by atoms with van der Waals surface area (Å²) >= 11 is 0. The number of aliphatic carboxylic acids is 1. The standard InChI is InChI=1S/C25H42N4O8/c1-7-13-36-24(34)26-12-10-9-11-18(23(32)33)27-21(30)19(15-16(3)4)28-22(31)20(17(5)6)29-25(35)37-14-8-2/h7-8,16-20H,1-2,9-15H2,3-6H3,(H,26,34)(H,27,30)(H,28,31)(H,29,35)(H,32,33)/t18-,19-,20+/m0/s1. The van der Waals surface area contributed by atoms with Crippen LogP contribution in [-0.2, 0) is 23.9 Å². The number of hydrogen-bond acceptors (Lipinski definition) is 7. The van der Waals surface area contributed by atoms with Gasteiger partial charge in [-0.05, 0) is 37.5 Å². The molecule has 210 valence electrons. The van der Waals surface area contributed by atoms with Crippen LogP contribution in [0.25, 0.3) is 0 Å². The van der Waals surface area contributed by atoms with Crippen LogP contribution >= 0.6 is 0 Å². The maximum Gasteiger partial charge on any atom is 0.408 e. The Morgan fingerprint density at radius 2 is 1.38 bits per heavy atom. The summed E-state index contributed by atoms with van der Waals surface area (Å²) in [6, 6.07) is -3.16. The molecule has 0 rings (SSSR count). The van der Waals surface area contributed by atoms with E-state index in [9.17, 15) is 29.1 Å². The Hall–Kier alpha value is -3.57. The first-order chi connectivity index (χ1) is 17.4. The molecule has 12 nitrogen and oxygen atoms in total. The highest BCUT2D eigenvalue weighted by Gasteiger charge is 2.31. The third-order valence-corrected chi connectivity index (χ3v) is 5.03. The number of alkyl carbamates (subject to hydrolysis) is 2. The van der Waals surface area contributed by atoms with Gasteiger partial charge in [0.1, 0.15) is 31.3 Å². The number of hydrogen-bond donors (Lipinski definition) is 5. The van der Waals surface area contributed by atoms with Crippen LogP contribution in [0, 0.1) is 11.8 Å². The van der Waals surface area contributed by atoms with E-state index >= 15 is 0 Å². The second-order valence-electron chi connectivity index (χ2n) is 9.15. The molecule has 0 aliphatic rings. The van der Waals surface area contributed by atoms with Gasteiger partial charge in [-0.15, -0.1) is 0 Å². The fourth-order valence-electron chi connectivity index (χ4n) is 3.18. The maximum atomic E-state index is 13.0. The summed E-state index contributed by atoms with van der Waals surface area (Å²) < 4.78 is 9.66. The molecular weight excluding hydrogens is 484 g/mol. The Balaban J connectivity index is 5.09. The van der Waals surface area contributed by atoms with Gasteiger partial charge in [-0.25, -0.2) is 14.4 Å². The number of amides is 4. The van der Waals surface area contributed by atoms with Gasteiger partial charge in [0.05, 0.1) is 0 Å². The minimum atomic E-state index is -1.21. The summed E-state index contributed by atoms with van der Waals surface area (Å²) in [5.74, 6) is -2.75. The predicted molar refractivity (Wildman–Crippen MR) is 138 cm³/mol. The van der Waals surface area contributed by atoms with Gasteiger partial charge in [0.15, 0.2) is 0 Å². The molecule has 0 fully saturated rings. The summed E-state index contributed by atoms with van der Waals surface area (Å²) in [4.78, 5) is 61.0. The zero-order chi connectivity index (χ0) is 28.4. The molecule has 0 aliphatic heterocycles. The summed E-state index contributed by atoms with van der Waals surface area (Å²) in [5, 5.41) is 19.7. The van der Waals surface area contributed by atoms with Crippen LogP contribution in [0.2, 0.25) is 0 Å². The van der Waals surface area contributed by atoms with Crippen LogP contribution in [0.1, 0.15) is 53.4 Å². The number of ether oxygens (including phenoxy) is 2. The molecule has 4 amide bonds. The third kappa shape index (κ3) is 15.2. The maximum absolute atomic E-state index is 13.0. The second kappa shape index (κ2) is 18.7. The van der Waals surface area contributed by atoms with Crippen molar-refractivity contribution in [1.82, 2.24) is 21.3 Å². The monoisotopic (exact) mass is 526 g/mol. The fraction of sp³-hybridized carbons (Fsp3) is 0.640. The Labute approximate surface area is 218 Å². The molecule has 12 heteroatoms. The smallest absolute Gasteiger partial charge is 0.408 e. The fourth-order valence-corrected chi connectivity index (χ4v) is 3.18. The molecule has 0 saturated carbocycles. The molecule has 0 saturated heterocycles. The topological polar surface area (TPSA) is 172 Å². The lowest BCUT2D eigenvalue weighted by molar-refractivity contribution is -0.142. The third-order valence-electron chi connectivity index (χ3n) is 5.03. The van der Waals surface area contributed by atoms with Gasteiger partial charge in [0.25, 0.3) is 0 Å². The quantitative estimate of drug-likeness (QED) is 0.133. The van der Waals surface area contributed by atoms with Crippen molar-refractivity contribution in [2.45, 2.75) is 71.5 Å². The van der Waals surface area contributed by atoms with E-state index in [0.717, 1.165) is 0 Å². The SMILES string of the molecule is C=CCOC(=O)NCCCC[C@H](NC(=O)[C@H](CC(C)C)NC(=O)[C@H](NC(=O)OCC=C)C(C)C)C(=O)O. The normalized spacial score (nSPS) is 13.0. The van der Waals surface area contributed by atoms with Crippen molar-refractivity contribution in [3.8, 4) is 0 Å². The Morgan fingerprint density at radius 1 is 0.811 bits per heavy atom. The highest BCUT2D eigenvalue weighted by atomic mass is 16.6. The van der Waals surface area contributed by atoms with Gasteiger partial charge in [-0.3, -0.25) is 9.59 Å². The number of unbranched alkanes of at least 4 members (excludes halogenated alkanes) is 1. The van der Waals surface area contributed by atoms with Crippen molar-refractivity contribution in [1.29, 1.82) is 0 Å². The van der Waals surface area contributed by atoms with E-state index in [1.54, 1.807) is 13.8 Å². The number of carboxylic acids is 1. The van der Waals surface area contributed by atoms with Crippen LogP contribution in [-0.4, -0.2) is 73.0 Å². The molecule has 0 heterocycles. The zero-order valence-corrected chi connectivity index (χ0v) is 22.2. The average Bonchev–Trinajstić information content (AvgIpc) is 2.82. The van der Waals surface area contributed by atoms with E-state index in [4.69, 9.17) is 9.47 Å². The number of carbonyl (C=O) groups excluding carboxylic acids is 4. The van der Waals surface area contributed by atoms with Crippen molar-refractivity contribution in [2.75, 3.05) is 19.8 Å². The molecule has 0 unspecified atom stereocenters. The van der Waals surface area contributed by atoms with E-state index in [-0.39, 0.29) is 44.4 Å². The van der Waals surface area contributed by atoms with Gasteiger partial charge in [-0.2, -0.15) is 0 Å². The van der Waals surface area contributed by atoms with Crippen LogP contribution in [0.3, 0.4) is 0 Å².